The van der Waals surface area contributed by atoms with Crippen molar-refractivity contribution in [3.8, 4) is 5.75 Å². The summed E-state index contributed by atoms with van der Waals surface area (Å²) in [5.41, 5.74) is 7.42. The van der Waals surface area contributed by atoms with Gasteiger partial charge in [-0.3, -0.25) is 4.79 Å². The van der Waals surface area contributed by atoms with E-state index < -0.39 is 5.91 Å². The van der Waals surface area contributed by atoms with Crippen molar-refractivity contribution in [3.05, 3.63) is 40.8 Å². The average Bonchev–Trinajstić information content (AvgIpc) is 2.70. The fourth-order valence-corrected chi connectivity index (χ4v) is 1.76. The summed E-state index contributed by atoms with van der Waals surface area (Å²) in [6.45, 7) is 3.86. The van der Waals surface area contributed by atoms with Gasteiger partial charge in [-0.1, -0.05) is 11.2 Å². The van der Waals surface area contributed by atoms with Crippen molar-refractivity contribution < 1.29 is 14.4 Å². The van der Waals surface area contributed by atoms with Gasteiger partial charge in [-0.05, 0) is 26.0 Å². The van der Waals surface area contributed by atoms with Gasteiger partial charge < -0.3 is 20.7 Å². The number of aryl methyl sites for hydroxylation is 2. The molecule has 6 heteroatoms. The van der Waals surface area contributed by atoms with Crippen molar-refractivity contribution >= 4 is 11.6 Å². The van der Waals surface area contributed by atoms with Crippen LogP contribution in [-0.4, -0.2) is 16.2 Å². The molecule has 2 aromatic rings. The van der Waals surface area contributed by atoms with Crippen LogP contribution in [0.5, 0.6) is 5.75 Å². The number of carbonyl (C=O) groups is 1. The molecule has 0 saturated carbocycles. The summed E-state index contributed by atoms with van der Waals surface area (Å²) in [5.74, 6) is 0.0539. The van der Waals surface area contributed by atoms with E-state index in [4.69, 9.17) is 10.3 Å². The maximum absolute atomic E-state index is 12.0. The highest BCUT2D eigenvalue weighted by atomic mass is 16.5. The third-order valence-corrected chi connectivity index (χ3v) is 2.92. The lowest BCUT2D eigenvalue weighted by molar-refractivity contribution is 0.0948. The number of phenols is 1. The summed E-state index contributed by atoms with van der Waals surface area (Å²) in [6.07, 6.45) is 0. The second-order valence-corrected chi connectivity index (χ2v) is 4.23. The monoisotopic (exact) mass is 261 g/mol. The molecular formula is C13H15N3O3. The first kappa shape index (κ1) is 12.9. The number of nitrogens with zero attached hydrogens (tertiary/aromatic N) is 1. The van der Waals surface area contributed by atoms with Gasteiger partial charge in [0.05, 0.1) is 16.9 Å². The molecule has 0 aliphatic heterocycles. The van der Waals surface area contributed by atoms with Crippen molar-refractivity contribution in [2.24, 2.45) is 0 Å². The zero-order valence-corrected chi connectivity index (χ0v) is 10.7. The summed E-state index contributed by atoms with van der Waals surface area (Å²) in [5, 5.41) is 16.2. The Labute approximate surface area is 110 Å². The molecule has 0 aliphatic carbocycles. The number of nitrogen functional groups attached to an aromatic ring is 1. The minimum Gasteiger partial charge on any atom is -0.505 e. The number of aromatic hydroxyl groups is 1. The third kappa shape index (κ3) is 2.52. The molecule has 1 heterocycles. The maximum Gasteiger partial charge on any atom is 0.255 e. The van der Waals surface area contributed by atoms with Crippen LogP contribution >= 0.6 is 0 Å². The molecule has 0 spiro atoms. The van der Waals surface area contributed by atoms with Crippen LogP contribution in [0.1, 0.15) is 27.4 Å². The molecular weight excluding hydrogens is 246 g/mol. The lowest BCUT2D eigenvalue weighted by Crippen LogP contribution is -2.23. The largest absolute Gasteiger partial charge is 0.505 e. The van der Waals surface area contributed by atoms with Gasteiger partial charge in [-0.15, -0.1) is 0 Å². The fraction of sp³-hybridized carbons (Fsp3) is 0.231. The van der Waals surface area contributed by atoms with E-state index in [2.05, 4.69) is 10.5 Å². The molecule has 19 heavy (non-hydrogen) atoms. The van der Waals surface area contributed by atoms with Gasteiger partial charge >= 0.3 is 0 Å². The Morgan fingerprint density at radius 1 is 1.47 bits per heavy atom. The number of nitrogens with two attached hydrogens (primary N) is 1. The van der Waals surface area contributed by atoms with Gasteiger partial charge in [-0.2, -0.15) is 0 Å². The van der Waals surface area contributed by atoms with Gasteiger partial charge in [0.15, 0.2) is 5.75 Å². The van der Waals surface area contributed by atoms with E-state index in [1.165, 1.54) is 12.1 Å². The third-order valence-electron chi connectivity index (χ3n) is 2.92. The van der Waals surface area contributed by atoms with E-state index in [1.807, 2.05) is 0 Å². The van der Waals surface area contributed by atoms with Crippen LogP contribution in [-0.2, 0) is 6.54 Å². The highest BCUT2D eigenvalue weighted by Gasteiger charge is 2.15. The molecule has 0 bridgehead atoms. The van der Waals surface area contributed by atoms with Crippen molar-refractivity contribution in [1.82, 2.24) is 10.5 Å². The number of para-hydroxylation sites is 1. The van der Waals surface area contributed by atoms with Crippen molar-refractivity contribution in [2.45, 2.75) is 20.4 Å². The molecule has 0 atom stereocenters. The van der Waals surface area contributed by atoms with E-state index in [1.54, 1.807) is 19.9 Å². The molecule has 100 valence electrons. The molecule has 1 aromatic carbocycles. The highest BCUT2D eigenvalue weighted by Crippen LogP contribution is 2.24. The SMILES string of the molecule is Cc1noc(C)c1CNC(=O)c1cccc(N)c1O. The summed E-state index contributed by atoms with van der Waals surface area (Å²) in [4.78, 5) is 12.0. The summed E-state index contributed by atoms with van der Waals surface area (Å²) in [7, 11) is 0. The minimum atomic E-state index is -0.398. The van der Waals surface area contributed by atoms with Crippen molar-refractivity contribution in [1.29, 1.82) is 0 Å². The molecule has 4 N–H and O–H groups in total. The molecule has 0 aliphatic rings. The topological polar surface area (TPSA) is 101 Å². The first-order valence-corrected chi connectivity index (χ1v) is 5.78. The van der Waals surface area contributed by atoms with E-state index in [0.29, 0.717) is 5.76 Å². The minimum absolute atomic E-state index is 0.145. The molecule has 0 unspecified atom stereocenters. The second-order valence-electron chi connectivity index (χ2n) is 4.23. The lowest BCUT2D eigenvalue weighted by Gasteiger charge is -2.08. The number of benzene rings is 1. The van der Waals surface area contributed by atoms with Gasteiger partial charge in [0, 0.05) is 12.1 Å². The standard InChI is InChI=1S/C13H15N3O3/c1-7-10(8(2)19-16-7)6-15-13(18)9-4-3-5-11(14)12(9)17/h3-5,17H,6,14H2,1-2H3,(H,15,18). The molecule has 2 rings (SSSR count). The Balaban J connectivity index is 2.12. The quantitative estimate of drug-likeness (QED) is 0.574. The Kier molecular flexibility index (Phi) is 3.41. The highest BCUT2D eigenvalue weighted by molar-refractivity contribution is 5.98. The van der Waals surface area contributed by atoms with Gasteiger partial charge in [0.25, 0.3) is 5.91 Å². The number of aromatic nitrogens is 1. The summed E-state index contributed by atoms with van der Waals surface area (Å²) < 4.78 is 5.01. The van der Waals surface area contributed by atoms with Gasteiger partial charge in [0.2, 0.25) is 0 Å². The Bertz CT molecular complexity index is 600. The Hall–Kier alpha value is -2.50. The van der Waals surface area contributed by atoms with E-state index in [-0.39, 0.29) is 23.5 Å². The first-order valence-electron chi connectivity index (χ1n) is 5.78. The van der Waals surface area contributed by atoms with Crippen molar-refractivity contribution in [3.63, 3.8) is 0 Å². The van der Waals surface area contributed by atoms with Gasteiger partial charge in [0.1, 0.15) is 5.76 Å². The number of hydrogen-bond acceptors (Lipinski definition) is 5. The Morgan fingerprint density at radius 3 is 2.84 bits per heavy atom. The molecule has 0 fully saturated rings. The zero-order chi connectivity index (χ0) is 14.0. The Morgan fingerprint density at radius 2 is 2.21 bits per heavy atom. The number of phenolic OH excluding ortho intramolecular Hbond substituents is 1. The van der Waals surface area contributed by atoms with Crippen LogP contribution in [0.2, 0.25) is 0 Å². The maximum atomic E-state index is 12.0. The van der Waals surface area contributed by atoms with E-state index in [0.717, 1.165) is 11.3 Å². The van der Waals surface area contributed by atoms with Gasteiger partial charge in [-0.25, -0.2) is 0 Å². The number of amides is 1. The average molecular weight is 261 g/mol. The van der Waals surface area contributed by atoms with Crippen LogP contribution in [0.15, 0.2) is 22.7 Å². The predicted octanol–water partition coefficient (Wildman–Crippen LogP) is 1.51. The number of nitrogens with one attached hydrogen (secondary N) is 1. The van der Waals surface area contributed by atoms with Crippen LogP contribution in [0.4, 0.5) is 5.69 Å². The lowest BCUT2D eigenvalue weighted by atomic mass is 10.1. The molecule has 0 radical (unpaired) electrons. The first-order chi connectivity index (χ1) is 9.00. The van der Waals surface area contributed by atoms with Crippen LogP contribution in [0.25, 0.3) is 0 Å². The number of rotatable bonds is 3. The molecule has 0 saturated heterocycles. The van der Waals surface area contributed by atoms with Crippen LogP contribution in [0.3, 0.4) is 0 Å². The predicted molar refractivity (Wildman–Crippen MR) is 69.7 cm³/mol. The summed E-state index contributed by atoms with van der Waals surface area (Å²) >= 11 is 0. The fourth-order valence-electron chi connectivity index (χ4n) is 1.76. The van der Waals surface area contributed by atoms with E-state index >= 15 is 0 Å². The number of carbonyl (C=O) groups excluding carboxylic acids is 1. The normalized spacial score (nSPS) is 10.4. The second kappa shape index (κ2) is 5.01. The molecule has 1 amide bonds. The zero-order valence-electron chi connectivity index (χ0n) is 10.7. The summed E-state index contributed by atoms with van der Waals surface area (Å²) in [6, 6.07) is 4.65. The number of anilines is 1. The van der Waals surface area contributed by atoms with Crippen LogP contribution in [0, 0.1) is 13.8 Å². The molecule has 6 nitrogen and oxygen atoms in total. The molecule has 1 aromatic heterocycles. The smallest absolute Gasteiger partial charge is 0.255 e. The van der Waals surface area contributed by atoms with Crippen LogP contribution < -0.4 is 11.1 Å². The van der Waals surface area contributed by atoms with E-state index in [9.17, 15) is 9.90 Å². The number of hydrogen-bond donors (Lipinski definition) is 3. The van der Waals surface area contributed by atoms with Crippen molar-refractivity contribution in [2.75, 3.05) is 5.73 Å².